The predicted molar refractivity (Wildman–Crippen MR) is 93.4 cm³/mol. The Balaban J connectivity index is 1.59. The van der Waals surface area contributed by atoms with Crippen molar-refractivity contribution in [2.24, 2.45) is 10.3 Å². The number of carbonyl (C=O) groups is 2. The maximum Gasteiger partial charge on any atom is 0.263 e. The van der Waals surface area contributed by atoms with Crippen molar-refractivity contribution < 1.29 is 9.59 Å². The van der Waals surface area contributed by atoms with E-state index in [4.69, 9.17) is 23.2 Å². The first-order valence-corrected chi connectivity index (χ1v) is 8.35. The van der Waals surface area contributed by atoms with Crippen molar-refractivity contribution in [2.45, 2.75) is 18.6 Å². The molecule has 2 heterocycles. The summed E-state index contributed by atoms with van der Waals surface area (Å²) in [5.74, 6) is -0.712. The number of carbonyl (C=O) groups excluding carboxylic acids is 2. The quantitative estimate of drug-likeness (QED) is 0.772. The summed E-state index contributed by atoms with van der Waals surface area (Å²) in [6.45, 7) is 0.370. The number of amides is 2. The molecule has 1 saturated heterocycles. The first-order valence-electron chi connectivity index (χ1n) is 7.60. The van der Waals surface area contributed by atoms with Crippen LogP contribution < -0.4 is 4.90 Å². The van der Waals surface area contributed by atoms with Crippen LogP contribution >= 0.6 is 23.2 Å². The Morgan fingerprint density at radius 2 is 1.48 bits per heavy atom. The zero-order valence-corrected chi connectivity index (χ0v) is 14.4. The zero-order valence-electron chi connectivity index (χ0n) is 12.8. The molecule has 2 aliphatic rings. The third-order valence-corrected chi connectivity index (χ3v) is 4.70. The van der Waals surface area contributed by atoms with Gasteiger partial charge in [0.25, 0.3) is 11.8 Å². The molecule has 2 atom stereocenters. The van der Waals surface area contributed by atoms with Crippen LogP contribution in [0.3, 0.4) is 0 Å². The second-order valence-electron chi connectivity index (χ2n) is 5.81. The summed E-state index contributed by atoms with van der Waals surface area (Å²) in [4.78, 5) is 26.6. The molecule has 25 heavy (non-hydrogen) atoms. The van der Waals surface area contributed by atoms with Crippen molar-refractivity contribution in [3.63, 3.8) is 0 Å². The third kappa shape index (κ3) is 2.77. The van der Waals surface area contributed by atoms with Gasteiger partial charge in [0.05, 0.1) is 12.2 Å². The van der Waals surface area contributed by atoms with Gasteiger partial charge in [-0.25, -0.2) is 4.90 Å². The fraction of sp³-hybridized carbons (Fsp3) is 0.176. The minimum atomic E-state index is -0.810. The fourth-order valence-corrected chi connectivity index (χ4v) is 3.23. The molecule has 8 heteroatoms. The number of benzene rings is 2. The molecule has 4 rings (SSSR count). The van der Waals surface area contributed by atoms with Crippen molar-refractivity contribution in [3.05, 3.63) is 64.1 Å². The number of hydrogen-bond acceptors (Lipinski definition) is 5. The van der Waals surface area contributed by atoms with Gasteiger partial charge in [-0.3, -0.25) is 14.6 Å². The standard InChI is InChI=1S/C17H12Cl2N4O2/c18-11-3-1-10(2-4-11)9-22-15-14(20-21-22)16(24)23(17(15)25)13-7-5-12(19)6-8-13/h1-8,14-15H,9H2/t14-,15-/m1/s1. The summed E-state index contributed by atoms with van der Waals surface area (Å²) in [6, 6.07) is 12.3. The highest BCUT2D eigenvalue weighted by Crippen LogP contribution is 2.33. The van der Waals surface area contributed by atoms with E-state index in [-0.39, 0.29) is 11.8 Å². The molecule has 126 valence electrons. The highest BCUT2D eigenvalue weighted by atomic mass is 35.5. The van der Waals surface area contributed by atoms with Gasteiger partial charge in [0, 0.05) is 10.0 Å². The van der Waals surface area contributed by atoms with Gasteiger partial charge in [0.1, 0.15) is 0 Å². The largest absolute Gasteiger partial charge is 0.271 e. The summed E-state index contributed by atoms with van der Waals surface area (Å²) in [7, 11) is 0. The van der Waals surface area contributed by atoms with Crippen LogP contribution in [-0.2, 0) is 16.1 Å². The Bertz CT molecular complexity index is 867. The lowest BCUT2D eigenvalue weighted by Gasteiger charge is -2.20. The van der Waals surface area contributed by atoms with Crippen LogP contribution in [0.25, 0.3) is 0 Å². The van der Waals surface area contributed by atoms with Gasteiger partial charge in [-0.05, 0) is 42.0 Å². The van der Waals surface area contributed by atoms with Crippen LogP contribution in [0.4, 0.5) is 5.69 Å². The molecule has 1 fully saturated rings. The number of imide groups is 1. The molecule has 2 aromatic carbocycles. The van der Waals surface area contributed by atoms with Crippen LogP contribution in [0.5, 0.6) is 0 Å². The summed E-state index contributed by atoms with van der Waals surface area (Å²) in [5, 5.41) is 10.7. The van der Waals surface area contributed by atoms with E-state index in [1.165, 1.54) is 0 Å². The highest BCUT2D eigenvalue weighted by molar-refractivity contribution is 6.31. The molecule has 2 amide bonds. The number of nitrogens with zero attached hydrogens (tertiary/aromatic N) is 4. The van der Waals surface area contributed by atoms with Gasteiger partial charge < -0.3 is 0 Å². The minimum absolute atomic E-state index is 0.337. The Morgan fingerprint density at radius 1 is 0.880 bits per heavy atom. The molecule has 0 N–H and O–H groups in total. The Hall–Kier alpha value is -2.44. The first kappa shape index (κ1) is 16.1. The lowest BCUT2D eigenvalue weighted by Crippen LogP contribution is -2.39. The minimum Gasteiger partial charge on any atom is -0.271 e. The summed E-state index contributed by atoms with van der Waals surface area (Å²) >= 11 is 11.8. The van der Waals surface area contributed by atoms with E-state index >= 15 is 0 Å². The van der Waals surface area contributed by atoms with Crippen LogP contribution in [0.2, 0.25) is 10.0 Å². The van der Waals surface area contributed by atoms with E-state index in [1.807, 2.05) is 12.1 Å². The molecule has 0 saturated carbocycles. The molecule has 6 nitrogen and oxygen atoms in total. The van der Waals surface area contributed by atoms with Crippen molar-refractivity contribution in [3.8, 4) is 0 Å². The van der Waals surface area contributed by atoms with Crippen LogP contribution in [0.1, 0.15) is 5.56 Å². The monoisotopic (exact) mass is 374 g/mol. The number of fused-ring (bicyclic) bond motifs is 1. The molecule has 2 aromatic rings. The Labute approximate surface area is 153 Å². The second-order valence-corrected chi connectivity index (χ2v) is 6.68. The molecule has 0 aliphatic carbocycles. The van der Waals surface area contributed by atoms with Crippen LogP contribution in [0, 0.1) is 0 Å². The number of rotatable bonds is 3. The smallest absolute Gasteiger partial charge is 0.263 e. The topological polar surface area (TPSA) is 65.3 Å². The molecule has 0 aromatic heterocycles. The van der Waals surface area contributed by atoms with Crippen molar-refractivity contribution in [1.29, 1.82) is 0 Å². The maximum absolute atomic E-state index is 12.8. The number of hydrogen-bond donors (Lipinski definition) is 0. The lowest BCUT2D eigenvalue weighted by molar-refractivity contribution is -0.123. The third-order valence-electron chi connectivity index (χ3n) is 4.20. The number of anilines is 1. The van der Waals surface area contributed by atoms with Gasteiger partial charge in [-0.1, -0.05) is 40.6 Å². The fourth-order valence-electron chi connectivity index (χ4n) is 2.98. The SMILES string of the molecule is O=C1[C@@H]2N=NN(Cc3ccc(Cl)cc3)[C@H]2C(=O)N1c1ccc(Cl)cc1. The second kappa shape index (κ2) is 6.13. The normalized spacial score (nSPS) is 22.0. The van der Waals surface area contributed by atoms with Gasteiger partial charge in [0.2, 0.25) is 0 Å². The lowest BCUT2D eigenvalue weighted by atomic mass is 10.1. The Kier molecular flexibility index (Phi) is 3.94. The van der Waals surface area contributed by atoms with E-state index in [9.17, 15) is 9.59 Å². The average molecular weight is 375 g/mol. The first-order chi connectivity index (χ1) is 12.0. The van der Waals surface area contributed by atoms with Crippen LogP contribution in [0.15, 0.2) is 58.9 Å². The highest BCUT2D eigenvalue weighted by Gasteiger charge is 2.54. The Morgan fingerprint density at radius 3 is 2.12 bits per heavy atom. The molecular formula is C17H12Cl2N4O2. The van der Waals surface area contributed by atoms with E-state index in [2.05, 4.69) is 10.3 Å². The van der Waals surface area contributed by atoms with Gasteiger partial charge >= 0.3 is 0 Å². The predicted octanol–water partition coefficient (Wildman–Crippen LogP) is 3.49. The van der Waals surface area contributed by atoms with E-state index in [1.54, 1.807) is 41.4 Å². The summed E-state index contributed by atoms with van der Waals surface area (Å²) < 4.78 is 0. The van der Waals surface area contributed by atoms with Gasteiger partial charge in [0.15, 0.2) is 12.1 Å². The van der Waals surface area contributed by atoms with E-state index in [0.29, 0.717) is 22.3 Å². The molecule has 2 aliphatic heterocycles. The van der Waals surface area contributed by atoms with Crippen LogP contribution in [-0.4, -0.2) is 28.9 Å². The van der Waals surface area contributed by atoms with Gasteiger partial charge in [-0.2, -0.15) is 5.11 Å². The summed E-state index contributed by atoms with van der Waals surface area (Å²) in [6.07, 6.45) is 0. The number of halogens is 2. The molecule has 0 spiro atoms. The molecule has 0 radical (unpaired) electrons. The van der Waals surface area contributed by atoms with Crippen molar-refractivity contribution in [1.82, 2.24) is 5.01 Å². The van der Waals surface area contributed by atoms with E-state index < -0.39 is 12.1 Å². The molecule has 0 unspecified atom stereocenters. The molecule has 0 bridgehead atoms. The zero-order chi connectivity index (χ0) is 17.6. The summed E-state index contributed by atoms with van der Waals surface area (Å²) in [5.41, 5.74) is 1.41. The van der Waals surface area contributed by atoms with E-state index in [0.717, 1.165) is 10.5 Å². The average Bonchev–Trinajstić information content (AvgIpc) is 3.12. The van der Waals surface area contributed by atoms with Gasteiger partial charge in [-0.15, -0.1) is 0 Å². The molecular weight excluding hydrogens is 363 g/mol. The van der Waals surface area contributed by atoms with Crippen molar-refractivity contribution >= 4 is 40.7 Å². The van der Waals surface area contributed by atoms with Crippen molar-refractivity contribution in [2.75, 3.05) is 4.90 Å². The maximum atomic E-state index is 12.8.